The van der Waals surface area contributed by atoms with Crippen molar-refractivity contribution in [2.75, 3.05) is 13.6 Å². The van der Waals surface area contributed by atoms with E-state index in [2.05, 4.69) is 22.6 Å². The van der Waals surface area contributed by atoms with Crippen LogP contribution in [0.3, 0.4) is 0 Å². The lowest BCUT2D eigenvalue weighted by Crippen LogP contribution is -2.67. The van der Waals surface area contributed by atoms with Crippen LogP contribution in [0.1, 0.15) is 24.5 Å². The summed E-state index contributed by atoms with van der Waals surface area (Å²) in [5, 5.41) is 0.672. The summed E-state index contributed by atoms with van der Waals surface area (Å²) < 4.78 is 1.07. The molecule has 2 amide bonds. The molecule has 4 nitrogen and oxygen atoms in total. The third kappa shape index (κ3) is 4.29. The van der Waals surface area contributed by atoms with Gasteiger partial charge in [0.1, 0.15) is 5.54 Å². The molecule has 0 aromatic heterocycles. The van der Waals surface area contributed by atoms with Crippen LogP contribution in [-0.2, 0) is 22.6 Å². The molecule has 2 aromatic carbocycles. The Labute approximate surface area is 178 Å². The number of carbonyl (C=O) groups is 2. The molecular weight excluding hydrogens is 475 g/mol. The molecule has 1 fully saturated rings. The van der Waals surface area contributed by atoms with E-state index in [0.717, 1.165) is 14.7 Å². The van der Waals surface area contributed by atoms with Crippen LogP contribution in [0.5, 0.6) is 0 Å². The first kappa shape index (κ1) is 20.1. The van der Waals surface area contributed by atoms with Crippen molar-refractivity contribution in [2.45, 2.75) is 31.8 Å². The average Bonchev–Trinajstić information content (AvgIpc) is 2.63. The van der Waals surface area contributed by atoms with Gasteiger partial charge in [-0.25, -0.2) is 0 Å². The minimum absolute atomic E-state index is 0.00103. The Morgan fingerprint density at radius 3 is 2.44 bits per heavy atom. The molecule has 0 spiro atoms. The number of carbonyl (C=O) groups excluding carboxylic acids is 2. The second kappa shape index (κ2) is 8.19. The van der Waals surface area contributed by atoms with Crippen LogP contribution in [0.4, 0.5) is 0 Å². The van der Waals surface area contributed by atoms with Crippen LogP contribution >= 0.6 is 34.2 Å². The van der Waals surface area contributed by atoms with Gasteiger partial charge in [0.15, 0.2) is 0 Å². The van der Waals surface area contributed by atoms with Gasteiger partial charge in [0.25, 0.3) is 0 Å². The first-order chi connectivity index (χ1) is 12.8. The van der Waals surface area contributed by atoms with Crippen LogP contribution in [0.2, 0.25) is 5.02 Å². The Hall–Kier alpha value is -1.60. The van der Waals surface area contributed by atoms with Gasteiger partial charge in [0.05, 0.1) is 6.42 Å². The molecule has 0 radical (unpaired) electrons. The first-order valence-electron chi connectivity index (χ1n) is 8.85. The van der Waals surface area contributed by atoms with Crippen LogP contribution in [0.15, 0.2) is 48.5 Å². The van der Waals surface area contributed by atoms with Crippen molar-refractivity contribution in [3.8, 4) is 0 Å². The SMILES string of the molecule is CN(Cc1ccc(Cl)cc1)C(=O)C1(C)CCN1C(=O)Cc1ccccc1I. The Morgan fingerprint density at radius 2 is 1.85 bits per heavy atom. The molecule has 1 unspecified atom stereocenters. The minimum Gasteiger partial charge on any atom is -0.339 e. The van der Waals surface area contributed by atoms with Crippen LogP contribution in [0, 0.1) is 3.57 Å². The van der Waals surface area contributed by atoms with Gasteiger partial charge < -0.3 is 9.80 Å². The second-order valence-electron chi connectivity index (χ2n) is 7.13. The highest BCUT2D eigenvalue weighted by atomic mass is 127. The fraction of sp³-hybridized carbons (Fsp3) is 0.333. The highest BCUT2D eigenvalue weighted by Gasteiger charge is 2.50. The van der Waals surface area contributed by atoms with Crippen molar-refractivity contribution in [3.05, 3.63) is 68.3 Å². The third-order valence-corrected chi connectivity index (χ3v) is 6.46. The normalized spacial score (nSPS) is 18.7. The molecule has 2 aromatic rings. The summed E-state index contributed by atoms with van der Waals surface area (Å²) in [6, 6.07) is 15.3. The van der Waals surface area contributed by atoms with Gasteiger partial charge in [-0.2, -0.15) is 0 Å². The highest BCUT2D eigenvalue weighted by Crippen LogP contribution is 2.33. The largest absolute Gasteiger partial charge is 0.339 e. The van der Waals surface area contributed by atoms with Crippen molar-refractivity contribution in [3.63, 3.8) is 0 Å². The Kier molecular flexibility index (Phi) is 6.11. The Morgan fingerprint density at radius 1 is 1.19 bits per heavy atom. The van der Waals surface area contributed by atoms with Crippen molar-refractivity contribution in [1.29, 1.82) is 0 Å². The van der Waals surface area contributed by atoms with E-state index >= 15 is 0 Å². The molecule has 1 atom stereocenters. The molecule has 142 valence electrons. The molecule has 0 N–H and O–H groups in total. The lowest BCUT2D eigenvalue weighted by atomic mass is 9.84. The molecule has 0 bridgehead atoms. The zero-order valence-corrected chi connectivity index (χ0v) is 18.3. The summed E-state index contributed by atoms with van der Waals surface area (Å²) in [4.78, 5) is 29.3. The molecule has 6 heteroatoms. The Balaban J connectivity index is 1.67. The maximum atomic E-state index is 13.1. The molecule has 1 aliphatic rings. The summed E-state index contributed by atoms with van der Waals surface area (Å²) in [6.45, 7) is 2.98. The zero-order valence-electron chi connectivity index (χ0n) is 15.4. The highest BCUT2D eigenvalue weighted by molar-refractivity contribution is 14.1. The molecule has 1 heterocycles. The van der Waals surface area contributed by atoms with Gasteiger partial charge in [-0.1, -0.05) is 41.9 Å². The third-order valence-electron chi connectivity index (χ3n) is 5.16. The van der Waals surface area contributed by atoms with Gasteiger partial charge >= 0.3 is 0 Å². The van der Waals surface area contributed by atoms with Crippen LogP contribution in [-0.4, -0.2) is 40.7 Å². The fourth-order valence-corrected chi connectivity index (χ4v) is 4.13. The van der Waals surface area contributed by atoms with E-state index in [9.17, 15) is 9.59 Å². The predicted octanol–water partition coefficient (Wildman–Crippen LogP) is 4.14. The second-order valence-corrected chi connectivity index (χ2v) is 8.72. The van der Waals surface area contributed by atoms with Crippen molar-refractivity contribution in [2.24, 2.45) is 0 Å². The minimum atomic E-state index is -0.765. The molecular formula is C21H22ClIN2O2. The number of rotatable bonds is 5. The van der Waals surface area contributed by atoms with E-state index in [-0.39, 0.29) is 11.8 Å². The number of likely N-dealkylation sites (N-methyl/N-ethyl adjacent to an activating group) is 1. The van der Waals surface area contributed by atoms with Crippen LogP contribution < -0.4 is 0 Å². The topological polar surface area (TPSA) is 40.6 Å². The van der Waals surface area contributed by atoms with E-state index in [1.54, 1.807) is 16.8 Å². The van der Waals surface area contributed by atoms with Gasteiger partial charge in [0, 0.05) is 28.7 Å². The number of likely N-dealkylation sites (tertiary alicyclic amines) is 1. The molecule has 27 heavy (non-hydrogen) atoms. The molecule has 3 rings (SSSR count). The number of nitrogens with zero attached hydrogens (tertiary/aromatic N) is 2. The summed E-state index contributed by atoms with van der Waals surface area (Å²) in [6.07, 6.45) is 1.01. The van der Waals surface area contributed by atoms with E-state index in [4.69, 9.17) is 11.6 Å². The summed E-state index contributed by atoms with van der Waals surface area (Å²) >= 11 is 8.16. The van der Waals surface area contributed by atoms with E-state index in [1.165, 1.54) is 0 Å². The molecule has 1 aliphatic heterocycles. The molecule has 1 saturated heterocycles. The average molecular weight is 497 g/mol. The van der Waals surface area contributed by atoms with E-state index < -0.39 is 5.54 Å². The Bertz CT molecular complexity index is 856. The van der Waals surface area contributed by atoms with E-state index in [0.29, 0.717) is 31.0 Å². The molecule has 0 aliphatic carbocycles. The maximum absolute atomic E-state index is 13.1. The van der Waals surface area contributed by atoms with E-state index in [1.807, 2.05) is 55.5 Å². The van der Waals surface area contributed by atoms with Crippen molar-refractivity contribution < 1.29 is 9.59 Å². The van der Waals surface area contributed by atoms with Crippen molar-refractivity contribution in [1.82, 2.24) is 9.80 Å². The number of amides is 2. The first-order valence-corrected chi connectivity index (χ1v) is 10.3. The zero-order chi connectivity index (χ0) is 19.6. The summed E-state index contributed by atoms with van der Waals surface area (Å²) in [5.41, 5.74) is 1.24. The van der Waals surface area contributed by atoms with Crippen molar-refractivity contribution >= 4 is 46.0 Å². The smallest absolute Gasteiger partial charge is 0.248 e. The van der Waals surface area contributed by atoms with Gasteiger partial charge in [-0.3, -0.25) is 9.59 Å². The lowest BCUT2D eigenvalue weighted by molar-refractivity contribution is -0.163. The lowest BCUT2D eigenvalue weighted by Gasteiger charge is -2.50. The molecule has 0 saturated carbocycles. The standard InChI is InChI=1S/C21H22ClIN2O2/c1-21(20(27)24(2)14-15-7-9-17(22)10-8-15)11-12-25(21)19(26)13-16-5-3-4-6-18(16)23/h3-10H,11-14H2,1-2H3. The van der Waals surface area contributed by atoms with Gasteiger partial charge in [0.2, 0.25) is 11.8 Å². The number of halogens is 2. The number of hydrogen-bond acceptors (Lipinski definition) is 2. The van der Waals surface area contributed by atoms with Gasteiger partial charge in [-0.15, -0.1) is 0 Å². The summed E-state index contributed by atoms with van der Waals surface area (Å²) in [5.74, 6) is -0.0269. The number of hydrogen-bond donors (Lipinski definition) is 0. The fourth-order valence-electron chi connectivity index (χ4n) is 3.43. The maximum Gasteiger partial charge on any atom is 0.248 e. The summed E-state index contributed by atoms with van der Waals surface area (Å²) in [7, 11) is 1.78. The van der Waals surface area contributed by atoms with Crippen LogP contribution in [0.25, 0.3) is 0 Å². The predicted molar refractivity (Wildman–Crippen MR) is 116 cm³/mol. The quantitative estimate of drug-likeness (QED) is 0.584. The van der Waals surface area contributed by atoms with Gasteiger partial charge in [-0.05, 0) is 65.3 Å². The number of benzene rings is 2. The monoisotopic (exact) mass is 496 g/mol.